The van der Waals surface area contributed by atoms with Crippen molar-refractivity contribution in [2.24, 2.45) is 0 Å². The van der Waals surface area contributed by atoms with Gasteiger partial charge >= 0.3 is 0 Å². The normalized spacial score (nSPS) is 10.8. The number of ether oxygens (including phenoxy) is 1. The summed E-state index contributed by atoms with van der Waals surface area (Å²) in [6, 6.07) is 3.36. The molecule has 1 heterocycles. The van der Waals surface area contributed by atoms with E-state index in [2.05, 4.69) is 15.3 Å². The first kappa shape index (κ1) is 15.2. The second-order valence-electron chi connectivity index (χ2n) is 4.94. The highest BCUT2D eigenvalue weighted by atomic mass is 19.2. The summed E-state index contributed by atoms with van der Waals surface area (Å²) in [6.45, 7) is 5.72. The zero-order chi connectivity index (χ0) is 15.6. The summed E-state index contributed by atoms with van der Waals surface area (Å²) in [5.74, 6) is 0.00742. The van der Waals surface area contributed by atoms with Gasteiger partial charge in [-0.2, -0.15) is 4.98 Å². The third-order valence-corrected chi connectivity index (χ3v) is 2.98. The first-order valence-corrected chi connectivity index (χ1v) is 6.61. The fourth-order valence-corrected chi connectivity index (χ4v) is 1.77. The molecule has 0 unspecified atom stereocenters. The molecular weight excluding hydrogens is 276 g/mol. The molecule has 2 aromatic rings. The summed E-state index contributed by atoms with van der Waals surface area (Å²) in [5, 5.41) is 2.97. The molecule has 112 valence electrons. The average Bonchev–Trinajstić information content (AvgIpc) is 2.44. The van der Waals surface area contributed by atoms with Gasteiger partial charge in [-0.3, -0.25) is 0 Å². The van der Waals surface area contributed by atoms with Crippen LogP contribution in [0.5, 0.6) is 11.6 Å². The van der Waals surface area contributed by atoms with Crippen LogP contribution in [0, 0.1) is 18.6 Å². The number of hydrogen-bond donors (Lipinski definition) is 1. The van der Waals surface area contributed by atoms with Crippen molar-refractivity contribution in [1.82, 2.24) is 9.97 Å². The molecule has 0 saturated heterocycles. The lowest BCUT2D eigenvalue weighted by Gasteiger charge is -2.14. The van der Waals surface area contributed by atoms with Crippen LogP contribution in [0.4, 0.5) is 14.6 Å². The van der Waals surface area contributed by atoms with Gasteiger partial charge in [0.15, 0.2) is 11.6 Å². The molecule has 1 N–H and O–H groups in total. The molecule has 0 bridgehead atoms. The van der Waals surface area contributed by atoms with Crippen molar-refractivity contribution >= 4 is 5.82 Å². The zero-order valence-electron chi connectivity index (χ0n) is 12.4. The molecule has 0 radical (unpaired) electrons. The minimum atomic E-state index is -0.961. The van der Waals surface area contributed by atoms with E-state index in [1.807, 2.05) is 13.8 Å². The van der Waals surface area contributed by atoms with Gasteiger partial charge in [-0.05, 0) is 19.1 Å². The summed E-state index contributed by atoms with van der Waals surface area (Å²) in [6.07, 6.45) is 0. The molecule has 4 nitrogen and oxygen atoms in total. The van der Waals surface area contributed by atoms with Gasteiger partial charge < -0.3 is 10.1 Å². The van der Waals surface area contributed by atoms with Crippen LogP contribution in [-0.2, 0) is 0 Å². The number of nitrogens with one attached hydrogen (secondary N) is 1. The number of anilines is 1. The number of rotatable bonds is 4. The molecule has 0 aliphatic rings. The number of aromatic nitrogens is 2. The monoisotopic (exact) mass is 293 g/mol. The van der Waals surface area contributed by atoms with Gasteiger partial charge in [0, 0.05) is 19.0 Å². The van der Waals surface area contributed by atoms with Crippen LogP contribution < -0.4 is 10.1 Å². The van der Waals surface area contributed by atoms with Gasteiger partial charge in [0.2, 0.25) is 5.88 Å². The van der Waals surface area contributed by atoms with Gasteiger partial charge in [0.1, 0.15) is 17.4 Å². The number of benzene rings is 1. The van der Waals surface area contributed by atoms with Crippen molar-refractivity contribution in [3.05, 3.63) is 41.2 Å². The largest absolute Gasteiger partial charge is 0.438 e. The van der Waals surface area contributed by atoms with Gasteiger partial charge in [-0.15, -0.1) is 0 Å². The molecule has 0 fully saturated rings. The Morgan fingerprint density at radius 3 is 2.43 bits per heavy atom. The zero-order valence-corrected chi connectivity index (χ0v) is 12.4. The van der Waals surface area contributed by atoms with Crippen molar-refractivity contribution in [1.29, 1.82) is 0 Å². The Labute approximate surface area is 122 Å². The molecule has 2 rings (SSSR count). The molecule has 1 aromatic carbocycles. The fraction of sp³-hybridized carbons (Fsp3) is 0.333. The topological polar surface area (TPSA) is 47.0 Å². The fourth-order valence-electron chi connectivity index (χ4n) is 1.77. The van der Waals surface area contributed by atoms with Gasteiger partial charge in [-0.1, -0.05) is 13.8 Å². The van der Waals surface area contributed by atoms with Crippen molar-refractivity contribution in [3.8, 4) is 11.6 Å². The van der Waals surface area contributed by atoms with E-state index < -0.39 is 11.6 Å². The first-order chi connectivity index (χ1) is 9.92. The maximum Gasteiger partial charge on any atom is 0.227 e. The summed E-state index contributed by atoms with van der Waals surface area (Å²) >= 11 is 0. The van der Waals surface area contributed by atoms with Crippen molar-refractivity contribution in [2.75, 3.05) is 12.4 Å². The predicted molar refractivity (Wildman–Crippen MR) is 76.8 cm³/mol. The maximum atomic E-state index is 13.2. The SMILES string of the molecule is CNc1nc(C(C)C)nc(Oc2ccc(F)c(F)c2)c1C. The standard InChI is InChI=1S/C15H17F2N3O/c1-8(2)13-19-14(18-4)9(3)15(20-13)21-10-5-6-11(16)12(17)7-10/h5-8H,1-4H3,(H,18,19,20). The van der Waals surface area contributed by atoms with Crippen LogP contribution in [-0.4, -0.2) is 17.0 Å². The van der Waals surface area contributed by atoms with E-state index in [4.69, 9.17) is 4.74 Å². The quantitative estimate of drug-likeness (QED) is 0.925. The molecule has 0 amide bonds. The lowest BCUT2D eigenvalue weighted by atomic mass is 10.2. The third kappa shape index (κ3) is 3.26. The third-order valence-electron chi connectivity index (χ3n) is 2.98. The molecule has 0 aliphatic heterocycles. The van der Waals surface area contributed by atoms with Crippen LogP contribution in [0.1, 0.15) is 31.2 Å². The highest BCUT2D eigenvalue weighted by Gasteiger charge is 2.15. The smallest absolute Gasteiger partial charge is 0.227 e. The highest BCUT2D eigenvalue weighted by Crippen LogP contribution is 2.29. The molecule has 0 atom stereocenters. The van der Waals surface area contributed by atoms with E-state index in [0.29, 0.717) is 23.1 Å². The van der Waals surface area contributed by atoms with E-state index in [-0.39, 0.29) is 11.7 Å². The average molecular weight is 293 g/mol. The number of hydrogen-bond acceptors (Lipinski definition) is 4. The molecule has 0 spiro atoms. The first-order valence-electron chi connectivity index (χ1n) is 6.61. The highest BCUT2D eigenvalue weighted by molar-refractivity contribution is 5.49. The van der Waals surface area contributed by atoms with E-state index in [0.717, 1.165) is 12.1 Å². The second-order valence-corrected chi connectivity index (χ2v) is 4.94. The Balaban J connectivity index is 2.42. The Morgan fingerprint density at radius 2 is 1.86 bits per heavy atom. The summed E-state index contributed by atoms with van der Waals surface area (Å²) in [4.78, 5) is 8.73. The lowest BCUT2D eigenvalue weighted by molar-refractivity contribution is 0.440. The molecular formula is C15H17F2N3O. The summed E-state index contributed by atoms with van der Waals surface area (Å²) in [7, 11) is 1.75. The van der Waals surface area contributed by atoms with Crippen molar-refractivity contribution in [3.63, 3.8) is 0 Å². The van der Waals surface area contributed by atoms with Gasteiger partial charge in [0.25, 0.3) is 0 Å². The van der Waals surface area contributed by atoms with Crippen LogP contribution in [0.25, 0.3) is 0 Å². The minimum absolute atomic E-state index is 0.116. The van der Waals surface area contributed by atoms with Crippen LogP contribution >= 0.6 is 0 Å². The lowest BCUT2D eigenvalue weighted by Crippen LogP contribution is -2.06. The Bertz CT molecular complexity index is 660. The minimum Gasteiger partial charge on any atom is -0.438 e. The van der Waals surface area contributed by atoms with Crippen LogP contribution in [0.2, 0.25) is 0 Å². The predicted octanol–water partition coefficient (Wildman–Crippen LogP) is 4.02. The van der Waals surface area contributed by atoms with Crippen LogP contribution in [0.15, 0.2) is 18.2 Å². The Kier molecular flexibility index (Phi) is 4.35. The molecule has 1 aromatic heterocycles. The Morgan fingerprint density at radius 1 is 1.14 bits per heavy atom. The summed E-state index contributed by atoms with van der Waals surface area (Å²) in [5.41, 5.74) is 0.701. The van der Waals surface area contributed by atoms with E-state index in [1.54, 1.807) is 14.0 Å². The Hall–Kier alpha value is -2.24. The number of halogens is 2. The number of nitrogens with zero attached hydrogens (tertiary/aromatic N) is 2. The van der Waals surface area contributed by atoms with Crippen molar-refractivity contribution < 1.29 is 13.5 Å². The molecule has 0 saturated carbocycles. The second kappa shape index (κ2) is 6.03. The van der Waals surface area contributed by atoms with Crippen LogP contribution in [0.3, 0.4) is 0 Å². The van der Waals surface area contributed by atoms with E-state index in [9.17, 15) is 8.78 Å². The van der Waals surface area contributed by atoms with E-state index in [1.165, 1.54) is 6.07 Å². The van der Waals surface area contributed by atoms with Gasteiger partial charge in [-0.25, -0.2) is 13.8 Å². The molecule has 21 heavy (non-hydrogen) atoms. The molecule has 6 heteroatoms. The summed E-state index contributed by atoms with van der Waals surface area (Å²) < 4.78 is 31.8. The van der Waals surface area contributed by atoms with Crippen molar-refractivity contribution in [2.45, 2.75) is 26.7 Å². The maximum absolute atomic E-state index is 13.2. The van der Waals surface area contributed by atoms with E-state index >= 15 is 0 Å². The molecule has 0 aliphatic carbocycles. The van der Waals surface area contributed by atoms with Gasteiger partial charge in [0.05, 0.1) is 5.56 Å².